The molecule has 17 heavy (non-hydrogen) atoms. The highest BCUT2D eigenvalue weighted by atomic mass is 35.5. The summed E-state index contributed by atoms with van der Waals surface area (Å²) in [5.41, 5.74) is 0.327. The normalized spacial score (nSPS) is 12.2. The number of hydrogen-bond acceptors (Lipinski definition) is 2. The average molecular weight is 260 g/mol. The van der Waals surface area contributed by atoms with Gasteiger partial charge in [0.05, 0.1) is 11.1 Å². The van der Waals surface area contributed by atoms with Crippen LogP contribution in [0.3, 0.4) is 0 Å². The number of amides is 1. The number of aliphatic hydroxyl groups excluding tert-OH is 1. The molecular formula is C12H15ClFNO2. The number of halogens is 2. The molecule has 0 radical (unpaired) electrons. The largest absolute Gasteiger partial charge is 0.393 e. The Morgan fingerprint density at radius 2 is 2.29 bits per heavy atom. The van der Waals surface area contributed by atoms with E-state index in [1.165, 1.54) is 12.1 Å². The standard InChI is InChI=1S/C12H15ClFNO2/c1-8(16)3-2-6-15-12(17)9-4-5-11(14)10(13)7-9/h4-5,7-8,16H,2-3,6H2,1H3,(H,15,17). The van der Waals surface area contributed by atoms with Crippen LogP contribution in [-0.4, -0.2) is 23.7 Å². The maximum atomic E-state index is 12.9. The van der Waals surface area contributed by atoms with E-state index >= 15 is 0 Å². The molecule has 0 aliphatic heterocycles. The van der Waals surface area contributed by atoms with Gasteiger partial charge in [-0.05, 0) is 38.0 Å². The highest BCUT2D eigenvalue weighted by Gasteiger charge is 2.08. The van der Waals surface area contributed by atoms with Crippen LogP contribution in [0.2, 0.25) is 5.02 Å². The van der Waals surface area contributed by atoms with E-state index in [9.17, 15) is 9.18 Å². The number of rotatable bonds is 5. The number of aliphatic hydroxyl groups is 1. The molecule has 0 fully saturated rings. The van der Waals surface area contributed by atoms with Crippen LogP contribution in [0.15, 0.2) is 18.2 Å². The van der Waals surface area contributed by atoms with E-state index in [4.69, 9.17) is 16.7 Å². The number of nitrogens with one attached hydrogen (secondary N) is 1. The summed E-state index contributed by atoms with van der Waals surface area (Å²) in [6, 6.07) is 3.83. The van der Waals surface area contributed by atoms with E-state index in [0.29, 0.717) is 24.9 Å². The van der Waals surface area contributed by atoms with E-state index in [1.54, 1.807) is 6.92 Å². The van der Waals surface area contributed by atoms with Gasteiger partial charge < -0.3 is 10.4 Å². The van der Waals surface area contributed by atoms with Gasteiger partial charge in [-0.2, -0.15) is 0 Å². The van der Waals surface area contributed by atoms with Crippen LogP contribution in [0, 0.1) is 5.82 Å². The molecule has 1 amide bonds. The molecule has 0 bridgehead atoms. The van der Waals surface area contributed by atoms with E-state index in [2.05, 4.69) is 5.32 Å². The van der Waals surface area contributed by atoms with Gasteiger partial charge in [0.2, 0.25) is 0 Å². The predicted molar refractivity (Wildman–Crippen MR) is 64.7 cm³/mol. The van der Waals surface area contributed by atoms with Crippen LogP contribution in [0.25, 0.3) is 0 Å². The van der Waals surface area contributed by atoms with Crippen LogP contribution in [0.4, 0.5) is 4.39 Å². The number of carbonyl (C=O) groups is 1. The van der Waals surface area contributed by atoms with Crippen molar-refractivity contribution in [2.24, 2.45) is 0 Å². The van der Waals surface area contributed by atoms with Crippen molar-refractivity contribution in [3.63, 3.8) is 0 Å². The van der Waals surface area contributed by atoms with Crippen molar-refractivity contribution in [3.8, 4) is 0 Å². The molecule has 1 rings (SSSR count). The van der Waals surface area contributed by atoms with Crippen molar-refractivity contribution in [1.29, 1.82) is 0 Å². The van der Waals surface area contributed by atoms with Crippen molar-refractivity contribution in [2.45, 2.75) is 25.9 Å². The van der Waals surface area contributed by atoms with Crippen LogP contribution >= 0.6 is 11.6 Å². The molecule has 0 saturated heterocycles. The van der Waals surface area contributed by atoms with E-state index in [1.807, 2.05) is 0 Å². The first-order valence-electron chi connectivity index (χ1n) is 5.42. The summed E-state index contributed by atoms with van der Waals surface area (Å²) in [7, 11) is 0. The zero-order chi connectivity index (χ0) is 12.8. The Morgan fingerprint density at radius 1 is 1.59 bits per heavy atom. The Labute approximate surface area is 105 Å². The molecule has 0 aliphatic carbocycles. The monoisotopic (exact) mass is 259 g/mol. The maximum Gasteiger partial charge on any atom is 0.251 e. The SMILES string of the molecule is CC(O)CCCNC(=O)c1ccc(F)c(Cl)c1. The van der Waals surface area contributed by atoms with Gasteiger partial charge in [-0.3, -0.25) is 4.79 Å². The van der Waals surface area contributed by atoms with Crippen LogP contribution in [-0.2, 0) is 0 Å². The third-order valence-corrected chi connectivity index (χ3v) is 2.56. The van der Waals surface area contributed by atoms with Crippen molar-refractivity contribution in [3.05, 3.63) is 34.6 Å². The lowest BCUT2D eigenvalue weighted by Crippen LogP contribution is -2.25. The molecule has 0 heterocycles. The fourth-order valence-electron chi connectivity index (χ4n) is 1.34. The Kier molecular flexibility index (Phi) is 5.38. The smallest absolute Gasteiger partial charge is 0.251 e. The summed E-state index contributed by atoms with van der Waals surface area (Å²) in [5.74, 6) is -0.838. The van der Waals surface area contributed by atoms with Crippen LogP contribution < -0.4 is 5.32 Å². The van der Waals surface area contributed by atoms with Crippen molar-refractivity contribution in [2.75, 3.05) is 6.54 Å². The summed E-state index contributed by atoms with van der Waals surface area (Å²) < 4.78 is 12.9. The predicted octanol–water partition coefficient (Wildman–Crippen LogP) is 2.37. The molecule has 1 atom stereocenters. The molecule has 0 spiro atoms. The van der Waals surface area contributed by atoms with Crippen LogP contribution in [0.1, 0.15) is 30.1 Å². The van der Waals surface area contributed by atoms with E-state index in [0.717, 1.165) is 6.07 Å². The second-order valence-electron chi connectivity index (χ2n) is 3.88. The summed E-state index contributed by atoms with van der Waals surface area (Å²) in [5, 5.41) is 11.6. The molecule has 2 N–H and O–H groups in total. The molecule has 1 aromatic rings. The molecule has 0 aromatic heterocycles. The molecular weight excluding hydrogens is 245 g/mol. The van der Waals surface area contributed by atoms with Gasteiger partial charge in [0, 0.05) is 12.1 Å². The van der Waals surface area contributed by atoms with Gasteiger partial charge in [-0.15, -0.1) is 0 Å². The van der Waals surface area contributed by atoms with Crippen LogP contribution in [0.5, 0.6) is 0 Å². The first kappa shape index (κ1) is 13.9. The second kappa shape index (κ2) is 6.57. The highest BCUT2D eigenvalue weighted by Crippen LogP contribution is 2.15. The number of carbonyl (C=O) groups excluding carboxylic acids is 1. The minimum Gasteiger partial charge on any atom is -0.393 e. The summed E-state index contributed by atoms with van der Waals surface area (Å²) in [6.07, 6.45) is 0.954. The number of hydrogen-bond donors (Lipinski definition) is 2. The summed E-state index contributed by atoms with van der Waals surface area (Å²) in [6.45, 7) is 2.17. The van der Waals surface area contributed by atoms with Gasteiger partial charge in [0.25, 0.3) is 5.91 Å². The Balaban J connectivity index is 2.44. The molecule has 0 saturated carbocycles. The van der Waals surface area contributed by atoms with Gasteiger partial charge >= 0.3 is 0 Å². The Morgan fingerprint density at radius 3 is 2.88 bits per heavy atom. The van der Waals surface area contributed by atoms with Gasteiger partial charge in [-0.1, -0.05) is 11.6 Å². The Bertz CT molecular complexity index is 396. The highest BCUT2D eigenvalue weighted by molar-refractivity contribution is 6.31. The Hall–Kier alpha value is -1.13. The minimum absolute atomic E-state index is 0.0679. The van der Waals surface area contributed by atoms with Crippen molar-refractivity contribution in [1.82, 2.24) is 5.32 Å². The van der Waals surface area contributed by atoms with Gasteiger partial charge in [0.1, 0.15) is 5.82 Å². The molecule has 94 valence electrons. The topological polar surface area (TPSA) is 49.3 Å². The van der Waals surface area contributed by atoms with Gasteiger partial charge in [-0.25, -0.2) is 4.39 Å². The minimum atomic E-state index is -0.544. The maximum absolute atomic E-state index is 12.9. The fourth-order valence-corrected chi connectivity index (χ4v) is 1.52. The second-order valence-corrected chi connectivity index (χ2v) is 4.28. The lowest BCUT2D eigenvalue weighted by molar-refractivity contribution is 0.0949. The third-order valence-electron chi connectivity index (χ3n) is 2.27. The zero-order valence-electron chi connectivity index (χ0n) is 9.54. The molecule has 1 aromatic carbocycles. The molecule has 3 nitrogen and oxygen atoms in total. The lowest BCUT2D eigenvalue weighted by Gasteiger charge is -2.07. The number of benzene rings is 1. The first-order valence-corrected chi connectivity index (χ1v) is 5.80. The van der Waals surface area contributed by atoms with Crippen molar-refractivity contribution >= 4 is 17.5 Å². The lowest BCUT2D eigenvalue weighted by atomic mass is 10.2. The van der Waals surface area contributed by atoms with Gasteiger partial charge in [0.15, 0.2) is 0 Å². The fraction of sp³-hybridized carbons (Fsp3) is 0.417. The van der Waals surface area contributed by atoms with E-state index in [-0.39, 0.29) is 17.0 Å². The van der Waals surface area contributed by atoms with Crippen molar-refractivity contribution < 1.29 is 14.3 Å². The quantitative estimate of drug-likeness (QED) is 0.798. The summed E-state index contributed by atoms with van der Waals surface area (Å²) >= 11 is 5.57. The first-order chi connectivity index (χ1) is 8.00. The molecule has 5 heteroatoms. The average Bonchev–Trinajstić information content (AvgIpc) is 2.27. The summed E-state index contributed by atoms with van der Waals surface area (Å²) in [4.78, 5) is 11.6. The third kappa shape index (κ3) is 4.71. The zero-order valence-corrected chi connectivity index (χ0v) is 10.3. The van der Waals surface area contributed by atoms with E-state index < -0.39 is 5.82 Å². The molecule has 1 unspecified atom stereocenters. The molecule has 0 aliphatic rings.